The van der Waals surface area contributed by atoms with Crippen molar-refractivity contribution in [2.24, 2.45) is 5.92 Å². The largest absolute Gasteiger partial charge is 0.481 e. The minimum absolute atomic E-state index is 0.0284. The highest BCUT2D eigenvalue weighted by Gasteiger charge is 2.35. The molecule has 1 aliphatic heterocycles. The number of benzene rings is 2. The summed E-state index contributed by atoms with van der Waals surface area (Å²) in [5, 5.41) is 11.9. The number of carbonyl (C=O) groups excluding carboxylic acids is 2. The molecule has 7 nitrogen and oxygen atoms in total. The average Bonchev–Trinajstić information content (AvgIpc) is 3.18. The number of nitrogens with zero attached hydrogens (tertiary/aromatic N) is 1. The quantitative estimate of drug-likeness (QED) is 0.568. The molecule has 2 aliphatic rings. The van der Waals surface area contributed by atoms with E-state index in [1.807, 2.05) is 38.1 Å². The molecule has 0 spiro atoms. The van der Waals surface area contributed by atoms with Crippen LogP contribution in [0.25, 0.3) is 11.1 Å². The van der Waals surface area contributed by atoms with E-state index >= 15 is 0 Å². The van der Waals surface area contributed by atoms with Gasteiger partial charge >= 0.3 is 12.1 Å². The molecule has 1 aliphatic carbocycles. The van der Waals surface area contributed by atoms with Crippen LogP contribution in [-0.4, -0.2) is 53.2 Å². The number of fused-ring (bicyclic) bond motifs is 3. The molecule has 0 bridgehead atoms. The van der Waals surface area contributed by atoms with Crippen LogP contribution in [0.15, 0.2) is 48.5 Å². The van der Waals surface area contributed by atoms with Crippen LogP contribution in [0.3, 0.4) is 0 Å². The molecular weight excluding hydrogens is 444 g/mol. The Kier molecular flexibility index (Phi) is 7.73. The number of rotatable bonds is 8. The maximum atomic E-state index is 13.4. The van der Waals surface area contributed by atoms with E-state index in [1.165, 1.54) is 0 Å². The SMILES string of the molecule is CC(C)[C@@H](NC(=O)OCC1c2ccccc2-c2ccccc21)C(=O)N1CCCCC1CCC(=O)O. The molecule has 2 aromatic carbocycles. The summed E-state index contributed by atoms with van der Waals surface area (Å²) in [7, 11) is 0. The van der Waals surface area contributed by atoms with E-state index in [-0.39, 0.29) is 36.8 Å². The van der Waals surface area contributed by atoms with Crippen LogP contribution >= 0.6 is 0 Å². The summed E-state index contributed by atoms with van der Waals surface area (Å²) in [5.41, 5.74) is 4.58. The Balaban J connectivity index is 1.41. The minimum atomic E-state index is -0.861. The van der Waals surface area contributed by atoms with Crippen molar-refractivity contribution in [3.05, 3.63) is 59.7 Å². The molecule has 0 aromatic heterocycles. The maximum Gasteiger partial charge on any atom is 0.407 e. The van der Waals surface area contributed by atoms with Gasteiger partial charge in [-0.2, -0.15) is 0 Å². The fraction of sp³-hybridized carbons (Fsp3) is 0.464. The van der Waals surface area contributed by atoms with Crippen LogP contribution in [-0.2, 0) is 14.3 Å². The predicted octanol–water partition coefficient (Wildman–Crippen LogP) is 4.80. The molecule has 1 heterocycles. The number of hydrogen-bond acceptors (Lipinski definition) is 4. The third-order valence-electron chi connectivity index (χ3n) is 7.15. The van der Waals surface area contributed by atoms with Crippen molar-refractivity contribution in [1.29, 1.82) is 0 Å². The standard InChI is InChI=1S/C28H34N2O5/c1-18(2)26(27(33)30-16-8-7-9-19(30)14-15-25(31)32)29-28(34)35-17-24-22-12-5-3-10-20(22)21-11-4-6-13-23(21)24/h3-6,10-13,18-19,24,26H,7-9,14-17H2,1-2H3,(H,29,34)(H,31,32)/t19?,26-/m1/s1. The molecule has 1 unspecified atom stereocenters. The number of nitrogens with one attached hydrogen (secondary N) is 1. The van der Waals surface area contributed by atoms with Gasteiger partial charge in [-0.05, 0) is 53.9 Å². The van der Waals surface area contributed by atoms with Gasteiger partial charge in [-0.1, -0.05) is 62.4 Å². The predicted molar refractivity (Wildman–Crippen MR) is 133 cm³/mol. The highest BCUT2D eigenvalue weighted by Crippen LogP contribution is 2.44. The van der Waals surface area contributed by atoms with Crippen molar-refractivity contribution in [1.82, 2.24) is 10.2 Å². The zero-order valence-electron chi connectivity index (χ0n) is 20.4. The van der Waals surface area contributed by atoms with Crippen LogP contribution in [0.1, 0.15) is 63.0 Å². The fourth-order valence-corrected chi connectivity index (χ4v) is 5.34. The van der Waals surface area contributed by atoms with Gasteiger partial charge in [0.2, 0.25) is 5.91 Å². The first kappa shape index (κ1) is 24.8. The molecule has 7 heteroatoms. The molecular formula is C28H34N2O5. The van der Waals surface area contributed by atoms with Crippen molar-refractivity contribution >= 4 is 18.0 Å². The van der Waals surface area contributed by atoms with Crippen LogP contribution in [0.4, 0.5) is 4.79 Å². The van der Waals surface area contributed by atoms with Gasteiger partial charge in [-0.25, -0.2) is 4.79 Å². The number of likely N-dealkylation sites (tertiary alicyclic amines) is 1. The van der Waals surface area contributed by atoms with Crippen LogP contribution < -0.4 is 5.32 Å². The lowest BCUT2D eigenvalue weighted by Crippen LogP contribution is -2.55. The van der Waals surface area contributed by atoms with E-state index in [0.29, 0.717) is 13.0 Å². The monoisotopic (exact) mass is 478 g/mol. The molecule has 0 saturated carbocycles. The summed E-state index contributed by atoms with van der Waals surface area (Å²) in [6.07, 6.45) is 2.48. The molecule has 1 saturated heterocycles. The Morgan fingerprint density at radius 3 is 2.26 bits per heavy atom. The van der Waals surface area contributed by atoms with E-state index in [9.17, 15) is 14.4 Å². The van der Waals surface area contributed by atoms with Crippen molar-refractivity contribution in [2.75, 3.05) is 13.2 Å². The van der Waals surface area contributed by atoms with Gasteiger partial charge in [0.15, 0.2) is 0 Å². The molecule has 2 aromatic rings. The number of alkyl carbamates (subject to hydrolysis) is 1. The van der Waals surface area contributed by atoms with E-state index in [4.69, 9.17) is 9.84 Å². The normalized spacial score (nSPS) is 18.0. The van der Waals surface area contributed by atoms with Gasteiger partial charge in [-0.15, -0.1) is 0 Å². The molecule has 2 N–H and O–H groups in total. The third-order valence-corrected chi connectivity index (χ3v) is 7.15. The first-order chi connectivity index (χ1) is 16.9. The minimum Gasteiger partial charge on any atom is -0.481 e. The summed E-state index contributed by atoms with van der Waals surface area (Å²) < 4.78 is 5.67. The summed E-state index contributed by atoms with van der Waals surface area (Å²) >= 11 is 0. The first-order valence-corrected chi connectivity index (χ1v) is 12.5. The molecule has 4 rings (SSSR count). The van der Waals surface area contributed by atoms with Crippen molar-refractivity contribution in [2.45, 2.75) is 64.0 Å². The maximum absolute atomic E-state index is 13.4. The fourth-order valence-electron chi connectivity index (χ4n) is 5.34. The summed E-state index contributed by atoms with van der Waals surface area (Å²) in [6.45, 7) is 4.55. The topological polar surface area (TPSA) is 95.9 Å². The number of carbonyl (C=O) groups is 3. The number of amides is 2. The summed E-state index contributed by atoms with van der Waals surface area (Å²) in [6, 6.07) is 15.5. The number of carboxylic acid groups (broad SMARTS) is 1. The van der Waals surface area contributed by atoms with E-state index in [0.717, 1.165) is 41.5 Å². The summed E-state index contributed by atoms with van der Waals surface area (Å²) in [5.74, 6) is -1.21. The smallest absolute Gasteiger partial charge is 0.407 e. The lowest BCUT2D eigenvalue weighted by atomic mass is 9.95. The lowest BCUT2D eigenvalue weighted by Gasteiger charge is -2.38. The number of aliphatic carboxylic acids is 1. The zero-order valence-corrected chi connectivity index (χ0v) is 20.4. The molecule has 35 heavy (non-hydrogen) atoms. The molecule has 1 fully saturated rings. The highest BCUT2D eigenvalue weighted by molar-refractivity contribution is 5.86. The first-order valence-electron chi connectivity index (χ1n) is 12.5. The van der Waals surface area contributed by atoms with Crippen LogP contribution in [0.2, 0.25) is 0 Å². The van der Waals surface area contributed by atoms with Gasteiger partial charge in [-0.3, -0.25) is 9.59 Å². The van der Waals surface area contributed by atoms with Gasteiger partial charge in [0, 0.05) is 24.9 Å². The molecule has 2 amide bonds. The second kappa shape index (κ2) is 10.9. The Morgan fingerprint density at radius 2 is 1.66 bits per heavy atom. The second-order valence-electron chi connectivity index (χ2n) is 9.81. The van der Waals surface area contributed by atoms with E-state index in [2.05, 4.69) is 29.6 Å². The average molecular weight is 479 g/mol. The zero-order chi connectivity index (χ0) is 24.9. The summed E-state index contributed by atoms with van der Waals surface area (Å²) in [4.78, 5) is 39.1. The Hall–Kier alpha value is -3.35. The Labute approximate surface area is 206 Å². The lowest BCUT2D eigenvalue weighted by molar-refractivity contribution is -0.141. The van der Waals surface area contributed by atoms with E-state index in [1.54, 1.807) is 4.90 Å². The Bertz CT molecular complexity index is 1040. The van der Waals surface area contributed by atoms with Crippen molar-refractivity contribution in [3.8, 4) is 11.1 Å². The third kappa shape index (κ3) is 5.50. The number of carboxylic acids is 1. The van der Waals surface area contributed by atoms with Crippen LogP contribution in [0, 0.1) is 5.92 Å². The highest BCUT2D eigenvalue weighted by atomic mass is 16.5. The molecule has 186 valence electrons. The molecule has 2 atom stereocenters. The van der Waals surface area contributed by atoms with Crippen LogP contribution in [0.5, 0.6) is 0 Å². The molecule has 0 radical (unpaired) electrons. The van der Waals surface area contributed by atoms with Crippen molar-refractivity contribution in [3.63, 3.8) is 0 Å². The van der Waals surface area contributed by atoms with E-state index < -0.39 is 18.1 Å². The Morgan fingerprint density at radius 1 is 1.03 bits per heavy atom. The van der Waals surface area contributed by atoms with Gasteiger partial charge in [0.1, 0.15) is 12.6 Å². The second-order valence-corrected chi connectivity index (χ2v) is 9.81. The van der Waals surface area contributed by atoms with Crippen molar-refractivity contribution < 1.29 is 24.2 Å². The van der Waals surface area contributed by atoms with Gasteiger partial charge in [0.25, 0.3) is 0 Å². The van der Waals surface area contributed by atoms with Gasteiger partial charge < -0.3 is 20.1 Å². The van der Waals surface area contributed by atoms with Gasteiger partial charge in [0.05, 0.1) is 0 Å². The number of piperidine rings is 1. The number of hydrogen-bond donors (Lipinski definition) is 2. The number of ether oxygens (including phenoxy) is 1.